The number of amides is 2. The van der Waals surface area contributed by atoms with E-state index in [4.69, 9.17) is 10.9 Å². The summed E-state index contributed by atoms with van der Waals surface area (Å²) in [5, 5.41) is 9.57. The third-order valence-electron chi connectivity index (χ3n) is 3.85. The van der Waals surface area contributed by atoms with Crippen LogP contribution in [0.1, 0.15) is 0 Å². The van der Waals surface area contributed by atoms with Crippen LogP contribution in [-0.2, 0) is 10.0 Å². The lowest BCUT2D eigenvalue weighted by Crippen LogP contribution is -2.32. The molecule has 3 aromatic rings. The molecular formula is C17H17N5O3S. The number of nitrogens with two attached hydrogens (primary N) is 2. The van der Waals surface area contributed by atoms with Crippen LogP contribution in [-0.4, -0.2) is 31.3 Å². The van der Waals surface area contributed by atoms with E-state index >= 15 is 0 Å². The first kappa shape index (κ1) is 17.6. The van der Waals surface area contributed by atoms with Gasteiger partial charge in [0.05, 0.1) is 16.3 Å². The van der Waals surface area contributed by atoms with Gasteiger partial charge in [0.2, 0.25) is 10.0 Å². The Hall–Kier alpha value is -3.17. The molecule has 0 saturated heterocycles. The summed E-state index contributed by atoms with van der Waals surface area (Å²) < 4.78 is 24.5. The van der Waals surface area contributed by atoms with E-state index in [1.807, 2.05) is 30.3 Å². The van der Waals surface area contributed by atoms with Gasteiger partial charge in [0.1, 0.15) is 0 Å². The van der Waals surface area contributed by atoms with Gasteiger partial charge in [0, 0.05) is 18.7 Å². The molecule has 1 aromatic heterocycles. The zero-order chi connectivity index (χ0) is 18.9. The molecule has 8 nitrogen and oxygen atoms in total. The number of sulfonamides is 1. The molecule has 26 heavy (non-hydrogen) atoms. The summed E-state index contributed by atoms with van der Waals surface area (Å²) >= 11 is 0. The van der Waals surface area contributed by atoms with Crippen LogP contribution in [0.4, 0.5) is 10.6 Å². The number of primary amides is 1. The molecule has 4 N–H and O–H groups in total. The fourth-order valence-corrected chi connectivity index (χ4v) is 2.95. The molecule has 0 bridgehead atoms. The highest BCUT2D eigenvalue weighted by Crippen LogP contribution is 2.27. The average molecular weight is 371 g/mol. The van der Waals surface area contributed by atoms with Crippen LogP contribution in [0.3, 0.4) is 0 Å². The van der Waals surface area contributed by atoms with Crippen LogP contribution in [0.25, 0.3) is 16.9 Å². The number of benzene rings is 2. The minimum atomic E-state index is -3.78. The molecule has 2 aromatic carbocycles. The predicted octanol–water partition coefficient (Wildman–Crippen LogP) is 1.70. The first-order valence-corrected chi connectivity index (χ1v) is 9.14. The number of carbonyl (C=O) groups is 1. The zero-order valence-electron chi connectivity index (χ0n) is 13.9. The Bertz CT molecular complexity index is 1040. The van der Waals surface area contributed by atoms with Crippen molar-refractivity contribution in [3.8, 4) is 16.9 Å². The van der Waals surface area contributed by atoms with E-state index in [2.05, 4.69) is 5.10 Å². The number of aromatic nitrogens is 2. The van der Waals surface area contributed by atoms with Crippen molar-refractivity contribution in [2.24, 2.45) is 10.9 Å². The van der Waals surface area contributed by atoms with Crippen LogP contribution >= 0.6 is 0 Å². The fourth-order valence-electron chi connectivity index (χ4n) is 2.43. The molecule has 0 atom stereocenters. The number of hydrogen-bond donors (Lipinski definition) is 2. The second-order valence-electron chi connectivity index (χ2n) is 5.60. The molecule has 0 aliphatic heterocycles. The lowest BCUT2D eigenvalue weighted by atomic mass is 10.1. The van der Waals surface area contributed by atoms with Gasteiger partial charge in [-0.3, -0.25) is 4.90 Å². The lowest BCUT2D eigenvalue weighted by molar-refractivity contribution is 0.255. The number of primary sulfonamides is 1. The number of carbonyl (C=O) groups excluding carboxylic acids is 1. The summed E-state index contributed by atoms with van der Waals surface area (Å²) in [6, 6.07) is 16.5. The van der Waals surface area contributed by atoms with Crippen molar-refractivity contribution in [3.05, 3.63) is 60.7 Å². The second-order valence-corrected chi connectivity index (χ2v) is 7.16. The summed E-state index contributed by atoms with van der Waals surface area (Å²) in [7, 11) is -2.26. The smallest absolute Gasteiger partial charge is 0.320 e. The lowest BCUT2D eigenvalue weighted by Gasteiger charge is -2.10. The normalized spacial score (nSPS) is 11.3. The summed E-state index contributed by atoms with van der Waals surface area (Å²) in [4.78, 5) is 12.7. The summed E-state index contributed by atoms with van der Waals surface area (Å²) in [6.07, 6.45) is 0. The van der Waals surface area contributed by atoms with E-state index in [1.165, 1.54) is 24.1 Å². The maximum absolute atomic E-state index is 11.5. The van der Waals surface area contributed by atoms with Gasteiger partial charge < -0.3 is 5.73 Å². The first-order valence-electron chi connectivity index (χ1n) is 7.59. The Morgan fingerprint density at radius 2 is 1.69 bits per heavy atom. The van der Waals surface area contributed by atoms with Gasteiger partial charge in [0.15, 0.2) is 5.82 Å². The van der Waals surface area contributed by atoms with E-state index in [0.29, 0.717) is 11.5 Å². The molecule has 0 spiro atoms. The third kappa shape index (κ3) is 3.44. The summed E-state index contributed by atoms with van der Waals surface area (Å²) in [6.45, 7) is 0. The molecule has 0 saturated carbocycles. The van der Waals surface area contributed by atoms with Crippen molar-refractivity contribution in [2.45, 2.75) is 4.90 Å². The number of urea groups is 1. The Kier molecular flexibility index (Phi) is 4.49. The van der Waals surface area contributed by atoms with Crippen LogP contribution in [0, 0.1) is 0 Å². The minimum Gasteiger partial charge on any atom is -0.351 e. The molecule has 0 unspecified atom stereocenters. The van der Waals surface area contributed by atoms with Crippen LogP contribution in [0.2, 0.25) is 0 Å². The van der Waals surface area contributed by atoms with Crippen molar-refractivity contribution in [1.82, 2.24) is 9.78 Å². The highest BCUT2D eigenvalue weighted by atomic mass is 32.2. The van der Waals surface area contributed by atoms with E-state index in [0.717, 1.165) is 11.3 Å². The Labute approximate surface area is 150 Å². The van der Waals surface area contributed by atoms with Gasteiger partial charge in [-0.2, -0.15) is 0 Å². The molecule has 0 aliphatic carbocycles. The van der Waals surface area contributed by atoms with Gasteiger partial charge in [-0.1, -0.05) is 30.3 Å². The fraction of sp³-hybridized carbons (Fsp3) is 0.0588. The summed E-state index contributed by atoms with van der Waals surface area (Å²) in [5.74, 6) is 0.367. The van der Waals surface area contributed by atoms with E-state index in [1.54, 1.807) is 22.9 Å². The van der Waals surface area contributed by atoms with Gasteiger partial charge >= 0.3 is 6.03 Å². The van der Waals surface area contributed by atoms with Crippen molar-refractivity contribution < 1.29 is 13.2 Å². The molecule has 9 heteroatoms. The monoisotopic (exact) mass is 371 g/mol. The Morgan fingerprint density at radius 3 is 2.23 bits per heavy atom. The third-order valence-corrected chi connectivity index (χ3v) is 4.78. The SMILES string of the molecule is CN(C(N)=O)c1cc(-c2ccccc2)n(-c2ccc(S(N)(=O)=O)cc2)n1. The number of nitrogens with zero attached hydrogens (tertiary/aromatic N) is 3. The largest absolute Gasteiger partial charge is 0.351 e. The maximum atomic E-state index is 11.5. The molecule has 3 rings (SSSR count). The highest BCUT2D eigenvalue weighted by molar-refractivity contribution is 7.89. The summed E-state index contributed by atoms with van der Waals surface area (Å²) in [5.41, 5.74) is 7.54. The molecule has 134 valence electrons. The first-order chi connectivity index (χ1) is 12.3. The standard InChI is InChI=1S/C17H17N5O3S/c1-21(17(18)23)16-11-15(12-5-3-2-4-6-12)22(20-16)13-7-9-14(10-8-13)26(19,24)25/h2-11H,1H3,(H2,18,23)(H2,19,24,25). The van der Waals surface area contributed by atoms with Crippen molar-refractivity contribution in [1.29, 1.82) is 0 Å². The molecule has 0 radical (unpaired) electrons. The Morgan fingerprint density at radius 1 is 1.08 bits per heavy atom. The highest BCUT2D eigenvalue weighted by Gasteiger charge is 2.17. The predicted molar refractivity (Wildman–Crippen MR) is 98.4 cm³/mol. The topological polar surface area (TPSA) is 124 Å². The van der Waals surface area contributed by atoms with Gasteiger partial charge in [-0.25, -0.2) is 23.0 Å². The zero-order valence-corrected chi connectivity index (χ0v) is 14.7. The number of anilines is 1. The molecule has 2 amide bonds. The van der Waals surface area contributed by atoms with Gasteiger partial charge in [-0.05, 0) is 24.3 Å². The van der Waals surface area contributed by atoms with E-state index < -0.39 is 16.1 Å². The van der Waals surface area contributed by atoms with Crippen molar-refractivity contribution >= 4 is 21.9 Å². The van der Waals surface area contributed by atoms with Crippen molar-refractivity contribution in [3.63, 3.8) is 0 Å². The van der Waals surface area contributed by atoms with E-state index in [9.17, 15) is 13.2 Å². The average Bonchev–Trinajstić information content (AvgIpc) is 3.06. The van der Waals surface area contributed by atoms with Crippen molar-refractivity contribution in [2.75, 3.05) is 11.9 Å². The van der Waals surface area contributed by atoms with E-state index in [-0.39, 0.29) is 4.90 Å². The molecule has 0 aliphatic rings. The maximum Gasteiger partial charge on any atom is 0.320 e. The minimum absolute atomic E-state index is 0.00384. The molecule has 0 fully saturated rings. The molecule has 1 heterocycles. The number of hydrogen-bond acceptors (Lipinski definition) is 4. The van der Waals surface area contributed by atoms with Crippen LogP contribution < -0.4 is 15.8 Å². The Balaban J connectivity index is 2.14. The second kappa shape index (κ2) is 6.62. The quantitative estimate of drug-likeness (QED) is 0.724. The van der Waals surface area contributed by atoms with Gasteiger partial charge in [0.25, 0.3) is 0 Å². The van der Waals surface area contributed by atoms with Crippen LogP contribution in [0.15, 0.2) is 65.6 Å². The number of rotatable bonds is 4. The van der Waals surface area contributed by atoms with Crippen LogP contribution in [0.5, 0.6) is 0 Å². The van der Waals surface area contributed by atoms with Gasteiger partial charge in [-0.15, -0.1) is 5.10 Å². The molecular weight excluding hydrogens is 354 g/mol.